The van der Waals surface area contributed by atoms with Crippen LogP contribution in [-0.4, -0.2) is 36.1 Å². The van der Waals surface area contributed by atoms with Crippen molar-refractivity contribution in [2.45, 2.75) is 31.8 Å². The van der Waals surface area contributed by atoms with Gasteiger partial charge in [0.2, 0.25) is 5.91 Å². The molecule has 0 aliphatic carbocycles. The number of benzene rings is 1. The van der Waals surface area contributed by atoms with E-state index in [1.807, 2.05) is 29.2 Å². The lowest BCUT2D eigenvalue weighted by molar-refractivity contribution is -0.130. The highest BCUT2D eigenvalue weighted by atomic mass is 16.5. The van der Waals surface area contributed by atoms with Gasteiger partial charge in [0.15, 0.2) is 0 Å². The molecule has 19 heavy (non-hydrogen) atoms. The van der Waals surface area contributed by atoms with Crippen molar-refractivity contribution in [1.82, 2.24) is 4.90 Å². The van der Waals surface area contributed by atoms with Crippen LogP contribution < -0.4 is 4.74 Å². The fourth-order valence-electron chi connectivity index (χ4n) is 2.38. The molecule has 2 rings (SSSR count). The number of hydrogen-bond donors (Lipinski definition) is 1. The van der Waals surface area contributed by atoms with E-state index >= 15 is 0 Å². The number of methoxy groups -OCH3 is 1. The first kappa shape index (κ1) is 13.9. The zero-order valence-electron chi connectivity index (χ0n) is 11.3. The Morgan fingerprint density at radius 1 is 1.32 bits per heavy atom. The fourth-order valence-corrected chi connectivity index (χ4v) is 2.38. The number of rotatable bonds is 5. The molecule has 0 saturated carbocycles. The van der Waals surface area contributed by atoms with E-state index in [1.165, 1.54) is 0 Å². The van der Waals surface area contributed by atoms with Gasteiger partial charge in [-0.05, 0) is 37.0 Å². The Labute approximate surface area is 114 Å². The second-order valence-electron chi connectivity index (χ2n) is 4.92. The van der Waals surface area contributed by atoms with Crippen LogP contribution in [0.5, 0.6) is 5.75 Å². The summed E-state index contributed by atoms with van der Waals surface area (Å²) in [5, 5.41) is 10.1. The zero-order chi connectivity index (χ0) is 13.7. The van der Waals surface area contributed by atoms with Gasteiger partial charge in [0.1, 0.15) is 5.75 Å². The van der Waals surface area contributed by atoms with Crippen molar-refractivity contribution in [3.8, 4) is 5.75 Å². The lowest BCUT2D eigenvalue weighted by Crippen LogP contribution is -2.27. The summed E-state index contributed by atoms with van der Waals surface area (Å²) < 4.78 is 5.07. The molecule has 1 aromatic rings. The first-order valence-corrected chi connectivity index (χ1v) is 6.80. The topological polar surface area (TPSA) is 49.8 Å². The van der Waals surface area contributed by atoms with Crippen LogP contribution in [0, 0.1) is 0 Å². The molecular formula is C15H21NO3. The Hall–Kier alpha value is -1.55. The first-order chi connectivity index (χ1) is 9.20. The Balaban J connectivity index is 1.82. The Morgan fingerprint density at radius 2 is 1.95 bits per heavy atom. The number of ether oxygens (including phenoxy) is 1. The Bertz CT molecular complexity index is 410. The lowest BCUT2D eigenvalue weighted by Gasteiger charge is -2.17. The average molecular weight is 263 g/mol. The summed E-state index contributed by atoms with van der Waals surface area (Å²) in [6, 6.07) is 7.31. The maximum atomic E-state index is 11.9. The Morgan fingerprint density at radius 3 is 2.53 bits per heavy atom. The Kier molecular flexibility index (Phi) is 4.80. The van der Waals surface area contributed by atoms with Crippen LogP contribution in [0.15, 0.2) is 24.3 Å². The minimum absolute atomic E-state index is 0.157. The molecule has 0 spiro atoms. The second-order valence-corrected chi connectivity index (χ2v) is 4.92. The molecule has 1 aromatic carbocycles. The smallest absolute Gasteiger partial charge is 0.222 e. The quantitative estimate of drug-likeness (QED) is 0.885. The van der Waals surface area contributed by atoms with E-state index < -0.39 is 6.10 Å². The van der Waals surface area contributed by atoms with E-state index in [2.05, 4.69) is 0 Å². The highest BCUT2D eigenvalue weighted by molar-refractivity contribution is 5.76. The number of likely N-dealkylation sites (tertiary alicyclic amines) is 1. The van der Waals surface area contributed by atoms with Gasteiger partial charge in [0, 0.05) is 19.5 Å². The summed E-state index contributed by atoms with van der Waals surface area (Å²) in [7, 11) is 1.61. The van der Waals surface area contributed by atoms with Gasteiger partial charge in [-0.1, -0.05) is 12.1 Å². The van der Waals surface area contributed by atoms with E-state index in [0.717, 1.165) is 37.2 Å². The fraction of sp³-hybridized carbons (Fsp3) is 0.533. The largest absolute Gasteiger partial charge is 0.497 e. The SMILES string of the molecule is COc1ccc(C(O)CCC(=O)N2CCCC2)cc1. The monoisotopic (exact) mass is 263 g/mol. The third-order valence-corrected chi connectivity index (χ3v) is 3.59. The molecule has 1 fully saturated rings. The van der Waals surface area contributed by atoms with Gasteiger partial charge in [0.05, 0.1) is 13.2 Å². The number of aliphatic hydroxyl groups is 1. The molecule has 0 bridgehead atoms. The van der Waals surface area contributed by atoms with Crippen LogP contribution in [0.4, 0.5) is 0 Å². The minimum Gasteiger partial charge on any atom is -0.497 e. The normalized spacial score (nSPS) is 16.4. The number of aliphatic hydroxyl groups excluding tert-OH is 1. The average Bonchev–Trinajstić information content (AvgIpc) is 2.98. The van der Waals surface area contributed by atoms with Crippen molar-refractivity contribution in [2.24, 2.45) is 0 Å². The van der Waals surface area contributed by atoms with Crippen LogP contribution >= 0.6 is 0 Å². The van der Waals surface area contributed by atoms with Gasteiger partial charge < -0.3 is 14.7 Å². The van der Waals surface area contributed by atoms with Gasteiger partial charge in [-0.2, -0.15) is 0 Å². The van der Waals surface area contributed by atoms with E-state index in [1.54, 1.807) is 7.11 Å². The van der Waals surface area contributed by atoms with E-state index in [0.29, 0.717) is 12.8 Å². The molecule has 1 heterocycles. The third kappa shape index (κ3) is 3.70. The molecule has 4 heteroatoms. The van der Waals surface area contributed by atoms with Crippen LogP contribution in [0.3, 0.4) is 0 Å². The van der Waals surface area contributed by atoms with Crippen LogP contribution in [0.1, 0.15) is 37.4 Å². The molecule has 1 unspecified atom stereocenters. The molecule has 1 aliphatic rings. The first-order valence-electron chi connectivity index (χ1n) is 6.80. The number of carbonyl (C=O) groups is 1. The van der Waals surface area contributed by atoms with Gasteiger partial charge in [-0.25, -0.2) is 0 Å². The van der Waals surface area contributed by atoms with Gasteiger partial charge in [-0.15, -0.1) is 0 Å². The molecular weight excluding hydrogens is 242 g/mol. The van der Waals surface area contributed by atoms with Crippen molar-refractivity contribution in [1.29, 1.82) is 0 Å². The van der Waals surface area contributed by atoms with E-state index in [4.69, 9.17) is 4.74 Å². The van der Waals surface area contributed by atoms with Crippen LogP contribution in [0.25, 0.3) is 0 Å². The summed E-state index contributed by atoms with van der Waals surface area (Å²) in [6.07, 6.45) is 2.51. The van der Waals surface area contributed by atoms with Crippen molar-refractivity contribution in [3.05, 3.63) is 29.8 Å². The maximum absolute atomic E-state index is 11.9. The molecule has 1 N–H and O–H groups in total. The zero-order valence-corrected chi connectivity index (χ0v) is 11.3. The molecule has 1 aliphatic heterocycles. The van der Waals surface area contributed by atoms with Crippen molar-refractivity contribution in [2.75, 3.05) is 20.2 Å². The molecule has 4 nitrogen and oxygen atoms in total. The highest BCUT2D eigenvalue weighted by Crippen LogP contribution is 2.22. The molecule has 1 atom stereocenters. The van der Waals surface area contributed by atoms with E-state index in [9.17, 15) is 9.90 Å². The van der Waals surface area contributed by atoms with Crippen molar-refractivity contribution >= 4 is 5.91 Å². The van der Waals surface area contributed by atoms with Gasteiger partial charge >= 0.3 is 0 Å². The van der Waals surface area contributed by atoms with Crippen LogP contribution in [-0.2, 0) is 4.79 Å². The summed E-state index contributed by atoms with van der Waals surface area (Å²) in [6.45, 7) is 1.74. The number of amides is 1. The summed E-state index contributed by atoms with van der Waals surface area (Å²) in [4.78, 5) is 13.8. The van der Waals surface area contributed by atoms with Crippen LogP contribution in [0.2, 0.25) is 0 Å². The molecule has 0 aromatic heterocycles. The molecule has 0 radical (unpaired) electrons. The number of nitrogens with zero attached hydrogens (tertiary/aromatic N) is 1. The maximum Gasteiger partial charge on any atom is 0.222 e. The highest BCUT2D eigenvalue weighted by Gasteiger charge is 2.19. The predicted molar refractivity (Wildman–Crippen MR) is 73.0 cm³/mol. The summed E-state index contributed by atoms with van der Waals surface area (Å²) in [5.74, 6) is 0.925. The standard InChI is InChI=1S/C15H21NO3/c1-19-13-6-4-12(5-7-13)14(17)8-9-15(18)16-10-2-3-11-16/h4-7,14,17H,2-3,8-11H2,1H3. The van der Waals surface area contributed by atoms with Crippen molar-refractivity contribution < 1.29 is 14.6 Å². The number of hydrogen-bond acceptors (Lipinski definition) is 3. The molecule has 1 saturated heterocycles. The minimum atomic E-state index is -0.586. The molecule has 104 valence electrons. The second kappa shape index (κ2) is 6.57. The number of carbonyl (C=O) groups excluding carboxylic acids is 1. The predicted octanol–water partition coefficient (Wildman–Crippen LogP) is 2.13. The van der Waals surface area contributed by atoms with Gasteiger partial charge in [0.25, 0.3) is 0 Å². The third-order valence-electron chi connectivity index (χ3n) is 3.59. The summed E-state index contributed by atoms with van der Waals surface area (Å²) >= 11 is 0. The van der Waals surface area contributed by atoms with Crippen molar-refractivity contribution in [3.63, 3.8) is 0 Å². The van der Waals surface area contributed by atoms with Gasteiger partial charge in [-0.3, -0.25) is 4.79 Å². The van der Waals surface area contributed by atoms with E-state index in [-0.39, 0.29) is 5.91 Å². The lowest BCUT2D eigenvalue weighted by atomic mass is 10.0. The molecule has 1 amide bonds. The summed E-state index contributed by atoms with van der Waals surface area (Å²) in [5.41, 5.74) is 0.829.